The Hall–Kier alpha value is -2.63. The molecule has 4 rings (SSSR count). The zero-order valence-corrected chi connectivity index (χ0v) is 14.9. The number of rotatable bonds is 3. The van der Waals surface area contributed by atoms with Crippen LogP contribution in [0.25, 0.3) is 21.6 Å². The molecule has 0 bridgehead atoms. The Morgan fingerprint density at radius 2 is 2.04 bits per heavy atom. The first kappa shape index (κ1) is 15.9. The Morgan fingerprint density at radius 1 is 1.20 bits per heavy atom. The van der Waals surface area contributed by atoms with Gasteiger partial charge in [-0.3, -0.25) is 4.79 Å². The van der Waals surface area contributed by atoms with Gasteiger partial charge in [-0.2, -0.15) is 0 Å². The molecular formula is C19H14ClN3OS. The summed E-state index contributed by atoms with van der Waals surface area (Å²) in [5.41, 5.74) is 3.87. The number of hydrogen-bond acceptors (Lipinski definition) is 3. The smallest absolute Gasteiger partial charge is 0.275 e. The van der Waals surface area contributed by atoms with Crippen LogP contribution in [0.1, 0.15) is 16.1 Å². The minimum atomic E-state index is -0.246. The molecule has 0 unspecified atom stereocenters. The van der Waals surface area contributed by atoms with Crippen molar-refractivity contribution in [3.05, 3.63) is 70.2 Å². The number of para-hydroxylation sites is 1. The van der Waals surface area contributed by atoms with Crippen LogP contribution in [0.2, 0.25) is 5.02 Å². The van der Waals surface area contributed by atoms with Crippen LogP contribution in [0.15, 0.2) is 53.9 Å². The molecule has 0 saturated carbocycles. The topological polar surface area (TPSA) is 57.8 Å². The van der Waals surface area contributed by atoms with E-state index in [0.29, 0.717) is 16.4 Å². The Kier molecular flexibility index (Phi) is 4.03. The zero-order valence-electron chi connectivity index (χ0n) is 13.3. The molecule has 4 nitrogen and oxygen atoms in total. The lowest BCUT2D eigenvalue weighted by Gasteiger charge is -2.07. The van der Waals surface area contributed by atoms with E-state index >= 15 is 0 Å². The van der Waals surface area contributed by atoms with Crippen LogP contribution < -0.4 is 5.32 Å². The maximum atomic E-state index is 12.5. The number of aromatic amines is 1. The van der Waals surface area contributed by atoms with Gasteiger partial charge in [0.2, 0.25) is 0 Å². The second-order valence-corrected chi connectivity index (χ2v) is 6.94. The van der Waals surface area contributed by atoms with Gasteiger partial charge in [-0.25, -0.2) is 4.98 Å². The van der Waals surface area contributed by atoms with Crippen molar-refractivity contribution >= 4 is 45.4 Å². The summed E-state index contributed by atoms with van der Waals surface area (Å²) in [5.74, 6) is -0.246. The fourth-order valence-electron chi connectivity index (χ4n) is 2.62. The highest BCUT2D eigenvalue weighted by Crippen LogP contribution is 2.28. The maximum Gasteiger partial charge on any atom is 0.275 e. The summed E-state index contributed by atoms with van der Waals surface area (Å²) in [4.78, 5) is 20.3. The van der Waals surface area contributed by atoms with Gasteiger partial charge in [-0.05, 0) is 36.8 Å². The number of H-pyrrole nitrogens is 1. The second kappa shape index (κ2) is 6.35. The van der Waals surface area contributed by atoms with E-state index in [0.717, 1.165) is 27.2 Å². The van der Waals surface area contributed by atoms with E-state index in [9.17, 15) is 4.79 Å². The summed E-state index contributed by atoms with van der Waals surface area (Å²) in [6, 6.07) is 15.5. The van der Waals surface area contributed by atoms with Crippen molar-refractivity contribution in [2.75, 3.05) is 5.32 Å². The summed E-state index contributed by atoms with van der Waals surface area (Å²) in [6.45, 7) is 1.87. The number of carbonyl (C=O) groups excluding carboxylic acids is 1. The summed E-state index contributed by atoms with van der Waals surface area (Å²) in [5, 5.41) is 7.15. The number of nitrogens with one attached hydrogen (secondary N) is 2. The van der Waals surface area contributed by atoms with Crippen molar-refractivity contribution in [3.63, 3.8) is 0 Å². The van der Waals surface area contributed by atoms with Crippen LogP contribution in [0.3, 0.4) is 0 Å². The molecule has 0 radical (unpaired) electrons. The van der Waals surface area contributed by atoms with Crippen LogP contribution in [0.5, 0.6) is 0 Å². The predicted molar refractivity (Wildman–Crippen MR) is 104 cm³/mol. The molecule has 0 aliphatic heterocycles. The third-order valence-corrected chi connectivity index (χ3v) is 5.30. The van der Waals surface area contributed by atoms with Gasteiger partial charge in [0.15, 0.2) is 0 Å². The molecule has 25 heavy (non-hydrogen) atoms. The molecular weight excluding hydrogens is 354 g/mol. The fraction of sp³-hybridized carbons (Fsp3) is 0.0526. The van der Waals surface area contributed by atoms with Crippen LogP contribution >= 0.6 is 22.9 Å². The van der Waals surface area contributed by atoms with Gasteiger partial charge >= 0.3 is 0 Å². The SMILES string of the molecule is Cc1c(Cl)cccc1NC(=O)c1csc(-c2cc3ccccc3[nH]2)n1. The molecule has 2 N–H and O–H groups in total. The summed E-state index contributed by atoms with van der Waals surface area (Å²) in [7, 11) is 0. The first-order valence-electron chi connectivity index (χ1n) is 7.72. The van der Waals surface area contributed by atoms with Crippen LogP contribution in [-0.4, -0.2) is 15.9 Å². The maximum absolute atomic E-state index is 12.5. The third-order valence-electron chi connectivity index (χ3n) is 4.01. The van der Waals surface area contributed by atoms with E-state index in [1.54, 1.807) is 11.4 Å². The second-order valence-electron chi connectivity index (χ2n) is 5.67. The molecule has 4 aromatic rings. The lowest BCUT2D eigenvalue weighted by Crippen LogP contribution is -2.13. The van der Waals surface area contributed by atoms with Crippen LogP contribution in [0, 0.1) is 6.92 Å². The van der Waals surface area contributed by atoms with Gasteiger partial charge in [0.05, 0.1) is 5.69 Å². The normalized spacial score (nSPS) is 11.0. The summed E-state index contributed by atoms with van der Waals surface area (Å²) in [6.07, 6.45) is 0. The molecule has 2 aromatic heterocycles. The van der Waals surface area contributed by atoms with Gasteiger partial charge in [-0.15, -0.1) is 11.3 Å². The highest BCUT2D eigenvalue weighted by Gasteiger charge is 2.14. The van der Waals surface area contributed by atoms with E-state index in [1.807, 2.05) is 49.4 Å². The molecule has 0 fully saturated rings. The van der Waals surface area contributed by atoms with Crippen molar-refractivity contribution in [1.29, 1.82) is 0 Å². The van der Waals surface area contributed by atoms with E-state index in [1.165, 1.54) is 11.3 Å². The minimum absolute atomic E-state index is 0.246. The molecule has 2 heterocycles. The van der Waals surface area contributed by atoms with Gasteiger partial charge in [0.25, 0.3) is 5.91 Å². The first-order chi connectivity index (χ1) is 12.1. The summed E-state index contributed by atoms with van der Waals surface area (Å²) < 4.78 is 0. The number of benzene rings is 2. The average molecular weight is 368 g/mol. The van der Waals surface area contributed by atoms with Crippen LogP contribution in [0.4, 0.5) is 5.69 Å². The van der Waals surface area contributed by atoms with Crippen molar-refractivity contribution in [3.8, 4) is 10.7 Å². The standard InChI is InChI=1S/C19H14ClN3OS/c1-11-13(20)6-4-8-14(11)22-18(24)17-10-25-19(23-17)16-9-12-5-2-3-7-15(12)21-16/h2-10,21H,1H3,(H,22,24). The molecule has 0 atom stereocenters. The third kappa shape index (κ3) is 3.04. The Balaban J connectivity index is 1.60. The number of nitrogens with zero attached hydrogens (tertiary/aromatic N) is 1. The Morgan fingerprint density at radius 3 is 2.88 bits per heavy atom. The largest absolute Gasteiger partial charge is 0.353 e. The molecule has 1 amide bonds. The number of anilines is 1. The predicted octanol–water partition coefficient (Wildman–Crippen LogP) is 5.51. The molecule has 2 aromatic carbocycles. The molecule has 0 spiro atoms. The number of amides is 1. The lowest BCUT2D eigenvalue weighted by atomic mass is 10.2. The fourth-order valence-corrected chi connectivity index (χ4v) is 3.57. The molecule has 0 aliphatic carbocycles. The van der Waals surface area contributed by atoms with Gasteiger partial charge in [0, 0.05) is 27.0 Å². The number of thiazole rings is 1. The quantitative estimate of drug-likeness (QED) is 0.502. The van der Waals surface area contributed by atoms with Gasteiger partial charge < -0.3 is 10.3 Å². The zero-order chi connectivity index (χ0) is 17.4. The van der Waals surface area contributed by atoms with E-state index in [-0.39, 0.29) is 5.91 Å². The number of carbonyl (C=O) groups is 1. The Labute approximate surface area is 153 Å². The lowest BCUT2D eigenvalue weighted by molar-refractivity contribution is 0.102. The highest BCUT2D eigenvalue weighted by molar-refractivity contribution is 7.13. The van der Waals surface area contributed by atoms with Crippen molar-refractivity contribution < 1.29 is 4.79 Å². The average Bonchev–Trinajstić information content (AvgIpc) is 3.25. The molecule has 6 heteroatoms. The number of hydrogen-bond donors (Lipinski definition) is 2. The summed E-state index contributed by atoms with van der Waals surface area (Å²) >= 11 is 7.53. The number of fused-ring (bicyclic) bond motifs is 1. The first-order valence-corrected chi connectivity index (χ1v) is 8.98. The molecule has 124 valence electrons. The van der Waals surface area contributed by atoms with E-state index in [4.69, 9.17) is 11.6 Å². The van der Waals surface area contributed by atoms with Crippen molar-refractivity contribution in [2.24, 2.45) is 0 Å². The molecule has 0 aliphatic rings. The minimum Gasteiger partial charge on any atom is -0.353 e. The number of aromatic nitrogens is 2. The van der Waals surface area contributed by atoms with E-state index < -0.39 is 0 Å². The number of halogens is 1. The van der Waals surface area contributed by atoms with E-state index in [2.05, 4.69) is 15.3 Å². The van der Waals surface area contributed by atoms with Crippen LogP contribution in [-0.2, 0) is 0 Å². The highest BCUT2D eigenvalue weighted by atomic mass is 35.5. The van der Waals surface area contributed by atoms with Crippen molar-refractivity contribution in [1.82, 2.24) is 9.97 Å². The van der Waals surface area contributed by atoms with Gasteiger partial charge in [-0.1, -0.05) is 35.9 Å². The molecule has 0 saturated heterocycles. The van der Waals surface area contributed by atoms with Crippen molar-refractivity contribution in [2.45, 2.75) is 6.92 Å². The Bertz CT molecular complexity index is 1050. The van der Waals surface area contributed by atoms with Gasteiger partial charge in [0.1, 0.15) is 10.7 Å². The monoisotopic (exact) mass is 367 g/mol.